The molecule has 1 aromatic rings. The molecule has 30 heavy (non-hydrogen) atoms. The molecule has 9 heteroatoms. The molecule has 1 fully saturated rings. The van der Waals surface area contributed by atoms with Gasteiger partial charge in [-0.1, -0.05) is 32.9 Å². The van der Waals surface area contributed by atoms with Crippen LogP contribution in [0.15, 0.2) is 41.2 Å². The first kappa shape index (κ1) is 20.1. The first-order chi connectivity index (χ1) is 14.0. The summed E-state index contributed by atoms with van der Waals surface area (Å²) in [4.78, 5) is 48.8. The van der Waals surface area contributed by atoms with Gasteiger partial charge in [0.1, 0.15) is 5.82 Å². The fourth-order valence-corrected chi connectivity index (χ4v) is 3.81. The molecule has 3 aliphatic rings. The number of carbonyl (C=O) groups excluding carboxylic acids is 3. The molecule has 0 spiro atoms. The summed E-state index contributed by atoms with van der Waals surface area (Å²) in [5.41, 5.74) is 0.327. The summed E-state index contributed by atoms with van der Waals surface area (Å²) in [6.45, 7) is 6.74. The van der Waals surface area contributed by atoms with Crippen LogP contribution in [-0.2, 0) is 9.59 Å². The molecule has 0 saturated carbocycles. The minimum absolute atomic E-state index is 0.212. The molecular formula is C21H24FN5O3. The number of nitrogens with zero attached hydrogens (tertiary/aromatic N) is 5. The zero-order chi connectivity index (χ0) is 22.0. The van der Waals surface area contributed by atoms with Crippen LogP contribution < -0.4 is 4.90 Å². The molecular weight excluding hydrogens is 389 g/mol. The van der Waals surface area contributed by atoms with E-state index >= 15 is 0 Å². The first-order valence-electron chi connectivity index (χ1n) is 9.73. The maximum atomic E-state index is 14.5. The summed E-state index contributed by atoms with van der Waals surface area (Å²) in [6.07, 6.45) is 0.973. The average molecular weight is 413 g/mol. The number of hydrogen-bond donors (Lipinski definition) is 0. The summed E-state index contributed by atoms with van der Waals surface area (Å²) in [6, 6.07) is 4.93. The van der Waals surface area contributed by atoms with Gasteiger partial charge in [-0.3, -0.25) is 19.4 Å². The minimum Gasteiger partial charge on any atom is -0.302 e. The van der Waals surface area contributed by atoms with Gasteiger partial charge in [0, 0.05) is 24.4 Å². The number of benzene rings is 1. The van der Waals surface area contributed by atoms with E-state index in [1.807, 2.05) is 0 Å². The van der Waals surface area contributed by atoms with Gasteiger partial charge in [-0.05, 0) is 19.1 Å². The molecule has 158 valence electrons. The summed E-state index contributed by atoms with van der Waals surface area (Å²) in [7, 11) is 1.55. The minimum atomic E-state index is -0.804. The van der Waals surface area contributed by atoms with Gasteiger partial charge in [-0.2, -0.15) is 0 Å². The Morgan fingerprint density at radius 3 is 2.50 bits per heavy atom. The van der Waals surface area contributed by atoms with E-state index in [9.17, 15) is 18.8 Å². The van der Waals surface area contributed by atoms with Crippen molar-refractivity contribution in [3.8, 4) is 0 Å². The molecule has 0 aromatic heterocycles. The molecule has 0 bridgehead atoms. The summed E-state index contributed by atoms with van der Waals surface area (Å²) in [5.74, 6) is -0.738. The molecule has 2 atom stereocenters. The molecule has 1 saturated heterocycles. The highest BCUT2D eigenvalue weighted by Crippen LogP contribution is 2.37. The number of ketones is 1. The van der Waals surface area contributed by atoms with Crippen LogP contribution in [-0.4, -0.2) is 64.2 Å². The highest BCUT2D eigenvalue weighted by molar-refractivity contribution is 6.11. The number of anilines is 1. The highest BCUT2D eigenvalue weighted by Gasteiger charge is 2.55. The summed E-state index contributed by atoms with van der Waals surface area (Å²) < 4.78 is 14.5. The maximum Gasteiger partial charge on any atom is 0.328 e. The first-order valence-corrected chi connectivity index (χ1v) is 9.73. The number of urea groups is 1. The maximum absolute atomic E-state index is 14.5. The van der Waals surface area contributed by atoms with Gasteiger partial charge in [0.05, 0.1) is 12.2 Å². The van der Waals surface area contributed by atoms with Gasteiger partial charge in [-0.25, -0.2) is 14.2 Å². The van der Waals surface area contributed by atoms with E-state index < -0.39 is 35.4 Å². The second-order valence-corrected chi connectivity index (χ2v) is 8.74. The van der Waals surface area contributed by atoms with E-state index in [2.05, 4.69) is 4.99 Å². The summed E-state index contributed by atoms with van der Waals surface area (Å²) in [5, 5.41) is 0. The van der Waals surface area contributed by atoms with Crippen LogP contribution in [0.4, 0.5) is 14.9 Å². The Labute approximate surface area is 174 Å². The van der Waals surface area contributed by atoms with Gasteiger partial charge in [-0.15, -0.1) is 0 Å². The van der Waals surface area contributed by atoms with E-state index in [1.165, 1.54) is 11.0 Å². The number of carbonyl (C=O) groups is 3. The van der Waals surface area contributed by atoms with E-state index in [-0.39, 0.29) is 12.3 Å². The molecule has 3 heterocycles. The van der Waals surface area contributed by atoms with Crippen molar-refractivity contribution in [2.24, 2.45) is 10.4 Å². The topological polar surface area (TPSA) is 76.5 Å². The second kappa shape index (κ2) is 6.65. The number of para-hydroxylation sites is 1. The Hall–Kier alpha value is -3.23. The molecule has 0 radical (unpaired) electrons. The molecule has 1 aromatic carbocycles. The van der Waals surface area contributed by atoms with Crippen LogP contribution in [0.5, 0.6) is 0 Å². The lowest BCUT2D eigenvalue weighted by molar-refractivity contribution is -0.141. The predicted molar refractivity (Wildman–Crippen MR) is 109 cm³/mol. The third kappa shape index (κ3) is 2.88. The number of hydrogen-bond acceptors (Lipinski definition) is 6. The van der Waals surface area contributed by atoms with Crippen molar-refractivity contribution in [1.82, 2.24) is 14.7 Å². The Balaban J connectivity index is 1.69. The van der Waals surface area contributed by atoms with Crippen LogP contribution >= 0.6 is 0 Å². The van der Waals surface area contributed by atoms with Crippen LogP contribution in [0, 0.1) is 11.2 Å². The fraction of sp³-hybridized carbons (Fsp3) is 0.429. The summed E-state index contributed by atoms with van der Waals surface area (Å²) >= 11 is 0. The molecule has 0 N–H and O–H groups in total. The third-order valence-electron chi connectivity index (χ3n) is 5.62. The van der Waals surface area contributed by atoms with Gasteiger partial charge < -0.3 is 9.80 Å². The molecule has 3 aliphatic heterocycles. The molecule has 8 nitrogen and oxygen atoms in total. The number of fused-ring (bicyclic) bond motifs is 3. The number of likely N-dealkylation sites (N-methyl/N-ethyl adjacent to an activating group) is 1. The van der Waals surface area contributed by atoms with Crippen molar-refractivity contribution < 1.29 is 18.8 Å². The average Bonchev–Trinajstić information content (AvgIpc) is 3.18. The number of amides is 3. The SMILES string of the molecule is CC1=CN2C(=NC3C2C(=O)N(CC(=O)C(C)(C)C)C(=O)N3C)N1c1ccccc1F. The lowest BCUT2D eigenvalue weighted by Gasteiger charge is -2.40. The van der Waals surface area contributed by atoms with Gasteiger partial charge in [0.2, 0.25) is 5.96 Å². The zero-order valence-electron chi connectivity index (χ0n) is 17.6. The van der Waals surface area contributed by atoms with Crippen molar-refractivity contribution in [3.05, 3.63) is 42.0 Å². The van der Waals surface area contributed by atoms with E-state index in [1.54, 1.807) is 68.9 Å². The second-order valence-electron chi connectivity index (χ2n) is 8.74. The van der Waals surface area contributed by atoms with Crippen molar-refractivity contribution in [2.75, 3.05) is 18.5 Å². The van der Waals surface area contributed by atoms with E-state index in [0.29, 0.717) is 17.3 Å². The third-order valence-corrected chi connectivity index (χ3v) is 5.62. The van der Waals surface area contributed by atoms with E-state index in [0.717, 1.165) is 4.90 Å². The highest BCUT2D eigenvalue weighted by atomic mass is 19.1. The van der Waals surface area contributed by atoms with Crippen molar-refractivity contribution in [1.29, 1.82) is 0 Å². The van der Waals surface area contributed by atoms with Crippen LogP contribution in [0.1, 0.15) is 27.7 Å². The molecule has 3 amide bonds. The normalized spacial score (nSPS) is 23.5. The number of halogens is 1. The van der Waals surface area contributed by atoms with Gasteiger partial charge >= 0.3 is 6.03 Å². The van der Waals surface area contributed by atoms with Crippen molar-refractivity contribution >= 4 is 29.4 Å². The number of imide groups is 1. The largest absolute Gasteiger partial charge is 0.328 e. The molecule has 0 aliphatic carbocycles. The molecule has 4 rings (SSSR count). The Kier molecular flexibility index (Phi) is 4.44. The van der Waals surface area contributed by atoms with Crippen molar-refractivity contribution in [3.63, 3.8) is 0 Å². The smallest absolute Gasteiger partial charge is 0.302 e. The monoisotopic (exact) mass is 413 g/mol. The van der Waals surface area contributed by atoms with Crippen LogP contribution in [0.2, 0.25) is 0 Å². The number of aliphatic imine (C=N–C) groups is 1. The zero-order valence-corrected chi connectivity index (χ0v) is 17.6. The lowest BCUT2D eigenvalue weighted by atomic mass is 9.90. The predicted octanol–water partition coefficient (Wildman–Crippen LogP) is 2.38. The number of guanidine groups is 1. The number of Topliss-reactive ketones (excluding diaryl/α,β-unsaturated/α-hetero) is 1. The fourth-order valence-electron chi connectivity index (χ4n) is 3.81. The standard InChI is InChI=1S/C21H24FN5O3/c1-12-10-25-16-17(23-19(25)27(12)14-9-7-6-8-13(14)22)24(5)20(30)26(18(16)29)11-15(28)21(2,3)4/h6-10,16-17H,11H2,1-5H3. The Morgan fingerprint density at radius 1 is 1.20 bits per heavy atom. The van der Waals surface area contributed by atoms with Crippen LogP contribution in [0.3, 0.4) is 0 Å². The van der Waals surface area contributed by atoms with Gasteiger partial charge in [0.25, 0.3) is 5.91 Å². The van der Waals surface area contributed by atoms with E-state index in [4.69, 9.17) is 0 Å². The van der Waals surface area contributed by atoms with Gasteiger partial charge in [0.15, 0.2) is 18.0 Å². The van der Waals surface area contributed by atoms with Crippen LogP contribution in [0.25, 0.3) is 0 Å². The quantitative estimate of drug-likeness (QED) is 0.761. The molecule has 2 unspecified atom stereocenters. The van der Waals surface area contributed by atoms with Crippen molar-refractivity contribution in [2.45, 2.75) is 39.9 Å². The Bertz CT molecular complexity index is 1010. The number of allylic oxidation sites excluding steroid dienone is 1. The Morgan fingerprint density at radius 2 is 1.87 bits per heavy atom. The lowest BCUT2D eigenvalue weighted by Crippen LogP contribution is -2.65. The number of rotatable bonds is 3.